The van der Waals surface area contributed by atoms with Gasteiger partial charge in [0.2, 0.25) is 0 Å². The van der Waals surface area contributed by atoms with E-state index in [1.807, 2.05) is 37.3 Å². The second-order valence-corrected chi connectivity index (χ2v) is 5.33. The number of hydrogen-bond acceptors (Lipinski definition) is 3. The van der Waals surface area contributed by atoms with E-state index in [0.29, 0.717) is 17.3 Å². The number of furan rings is 1. The standard InChI is InChI=1S/C17H22ClN3O2/c1-3-19-17(20-9-8-14-5-4-10-23-14)21-12-13-6-7-16(22-2)15(18)11-13/h4-7,10-11H,3,8-9,12H2,1-2H3,(H2,19,20,21). The normalized spacial score (nSPS) is 11.3. The van der Waals surface area contributed by atoms with Gasteiger partial charge in [0, 0.05) is 19.5 Å². The largest absolute Gasteiger partial charge is 0.495 e. The number of benzene rings is 1. The lowest BCUT2D eigenvalue weighted by atomic mass is 10.2. The molecule has 2 rings (SSSR count). The van der Waals surface area contributed by atoms with Crippen LogP contribution in [-0.2, 0) is 13.0 Å². The predicted molar refractivity (Wildman–Crippen MR) is 93.2 cm³/mol. The van der Waals surface area contributed by atoms with Gasteiger partial charge in [0.25, 0.3) is 0 Å². The van der Waals surface area contributed by atoms with Crippen LogP contribution in [0.15, 0.2) is 46.0 Å². The number of rotatable bonds is 7. The van der Waals surface area contributed by atoms with Crippen LogP contribution in [0.1, 0.15) is 18.2 Å². The Morgan fingerprint density at radius 1 is 1.30 bits per heavy atom. The summed E-state index contributed by atoms with van der Waals surface area (Å²) >= 11 is 6.13. The quantitative estimate of drug-likeness (QED) is 0.602. The summed E-state index contributed by atoms with van der Waals surface area (Å²) in [7, 11) is 1.60. The number of aliphatic imine (C=N–C) groups is 1. The minimum Gasteiger partial charge on any atom is -0.495 e. The molecule has 1 aromatic heterocycles. The van der Waals surface area contributed by atoms with Gasteiger partial charge in [-0.1, -0.05) is 17.7 Å². The van der Waals surface area contributed by atoms with Crippen molar-refractivity contribution in [2.75, 3.05) is 20.2 Å². The maximum absolute atomic E-state index is 6.13. The minimum atomic E-state index is 0.541. The van der Waals surface area contributed by atoms with Gasteiger partial charge in [-0.2, -0.15) is 0 Å². The van der Waals surface area contributed by atoms with Crippen molar-refractivity contribution in [3.8, 4) is 5.75 Å². The molecule has 0 unspecified atom stereocenters. The number of nitrogens with one attached hydrogen (secondary N) is 2. The summed E-state index contributed by atoms with van der Waals surface area (Å²) in [5.41, 5.74) is 1.03. The van der Waals surface area contributed by atoms with Crippen LogP contribution in [0.3, 0.4) is 0 Å². The van der Waals surface area contributed by atoms with E-state index in [-0.39, 0.29) is 0 Å². The van der Waals surface area contributed by atoms with Gasteiger partial charge >= 0.3 is 0 Å². The zero-order valence-corrected chi connectivity index (χ0v) is 14.2. The van der Waals surface area contributed by atoms with Crippen molar-refractivity contribution in [3.05, 3.63) is 52.9 Å². The van der Waals surface area contributed by atoms with E-state index in [1.54, 1.807) is 13.4 Å². The van der Waals surface area contributed by atoms with E-state index in [4.69, 9.17) is 20.8 Å². The van der Waals surface area contributed by atoms with E-state index >= 15 is 0 Å². The maximum atomic E-state index is 6.13. The van der Waals surface area contributed by atoms with E-state index in [0.717, 1.165) is 36.8 Å². The fraction of sp³-hybridized carbons (Fsp3) is 0.353. The SMILES string of the molecule is CCNC(=NCc1ccc(OC)c(Cl)c1)NCCc1ccco1. The van der Waals surface area contributed by atoms with Crippen molar-refractivity contribution < 1.29 is 9.15 Å². The third kappa shape index (κ3) is 5.53. The molecular weight excluding hydrogens is 314 g/mol. The van der Waals surface area contributed by atoms with Gasteiger partial charge in [-0.25, -0.2) is 4.99 Å². The van der Waals surface area contributed by atoms with E-state index in [2.05, 4.69) is 15.6 Å². The number of halogens is 1. The molecule has 0 bridgehead atoms. The van der Waals surface area contributed by atoms with Crippen molar-refractivity contribution in [3.63, 3.8) is 0 Å². The predicted octanol–water partition coefficient (Wildman–Crippen LogP) is 3.24. The fourth-order valence-electron chi connectivity index (χ4n) is 2.08. The van der Waals surface area contributed by atoms with E-state index in [1.165, 1.54) is 0 Å². The maximum Gasteiger partial charge on any atom is 0.191 e. The van der Waals surface area contributed by atoms with Crippen LogP contribution in [0.2, 0.25) is 5.02 Å². The molecule has 0 atom stereocenters. The first-order chi connectivity index (χ1) is 11.2. The molecule has 0 radical (unpaired) electrons. The number of hydrogen-bond donors (Lipinski definition) is 2. The van der Waals surface area contributed by atoms with Crippen LogP contribution in [0.5, 0.6) is 5.75 Å². The summed E-state index contributed by atoms with van der Waals surface area (Å²) < 4.78 is 10.5. The molecule has 2 N–H and O–H groups in total. The van der Waals surface area contributed by atoms with E-state index < -0.39 is 0 Å². The Labute approximate surface area is 141 Å². The van der Waals surface area contributed by atoms with Crippen molar-refractivity contribution in [1.29, 1.82) is 0 Å². The molecule has 0 amide bonds. The summed E-state index contributed by atoms with van der Waals surface area (Å²) in [6, 6.07) is 9.54. The molecule has 0 spiro atoms. The zero-order chi connectivity index (χ0) is 16.5. The Morgan fingerprint density at radius 3 is 2.83 bits per heavy atom. The molecule has 6 heteroatoms. The molecule has 0 saturated heterocycles. The Morgan fingerprint density at radius 2 is 2.17 bits per heavy atom. The minimum absolute atomic E-state index is 0.541. The van der Waals surface area contributed by atoms with Crippen LogP contribution < -0.4 is 15.4 Å². The molecule has 1 heterocycles. The molecule has 1 aromatic carbocycles. The molecule has 0 saturated carbocycles. The Hall–Kier alpha value is -2.14. The lowest BCUT2D eigenvalue weighted by Crippen LogP contribution is -2.38. The molecular formula is C17H22ClN3O2. The molecule has 0 aliphatic heterocycles. The van der Waals surface area contributed by atoms with Gasteiger partial charge in [-0.15, -0.1) is 0 Å². The van der Waals surface area contributed by atoms with Gasteiger partial charge in [0.1, 0.15) is 11.5 Å². The van der Waals surface area contributed by atoms with Gasteiger partial charge in [-0.05, 0) is 36.8 Å². The molecule has 2 aromatic rings. The third-order valence-electron chi connectivity index (χ3n) is 3.22. The second kappa shape index (κ2) is 9.10. The smallest absolute Gasteiger partial charge is 0.191 e. The Balaban J connectivity index is 1.90. The Kier molecular flexibility index (Phi) is 6.81. The highest BCUT2D eigenvalue weighted by Crippen LogP contribution is 2.25. The molecule has 5 nitrogen and oxygen atoms in total. The first-order valence-corrected chi connectivity index (χ1v) is 7.97. The highest BCUT2D eigenvalue weighted by atomic mass is 35.5. The van der Waals surface area contributed by atoms with Crippen LogP contribution in [-0.4, -0.2) is 26.2 Å². The van der Waals surface area contributed by atoms with Crippen molar-refractivity contribution in [1.82, 2.24) is 10.6 Å². The van der Waals surface area contributed by atoms with Crippen LogP contribution in [0, 0.1) is 0 Å². The third-order valence-corrected chi connectivity index (χ3v) is 3.52. The zero-order valence-electron chi connectivity index (χ0n) is 13.4. The number of guanidine groups is 1. The van der Waals surface area contributed by atoms with Crippen molar-refractivity contribution in [2.45, 2.75) is 19.9 Å². The highest BCUT2D eigenvalue weighted by molar-refractivity contribution is 6.32. The molecule has 23 heavy (non-hydrogen) atoms. The first-order valence-electron chi connectivity index (χ1n) is 7.60. The van der Waals surface area contributed by atoms with Crippen LogP contribution in [0.4, 0.5) is 0 Å². The van der Waals surface area contributed by atoms with Crippen molar-refractivity contribution >= 4 is 17.6 Å². The van der Waals surface area contributed by atoms with Gasteiger partial charge in [0.05, 0.1) is 24.9 Å². The fourth-order valence-corrected chi connectivity index (χ4v) is 2.36. The second-order valence-electron chi connectivity index (χ2n) is 4.92. The number of nitrogens with zero attached hydrogens (tertiary/aromatic N) is 1. The van der Waals surface area contributed by atoms with Crippen LogP contribution >= 0.6 is 11.6 Å². The number of ether oxygens (including phenoxy) is 1. The molecule has 0 aliphatic rings. The van der Waals surface area contributed by atoms with Gasteiger partial charge in [0.15, 0.2) is 5.96 Å². The number of methoxy groups -OCH3 is 1. The average Bonchev–Trinajstić information content (AvgIpc) is 3.06. The summed E-state index contributed by atoms with van der Waals surface area (Å²) in [6.07, 6.45) is 2.49. The first kappa shape index (κ1) is 17.2. The lowest BCUT2D eigenvalue weighted by molar-refractivity contribution is 0.415. The highest BCUT2D eigenvalue weighted by Gasteiger charge is 2.03. The topological polar surface area (TPSA) is 58.8 Å². The van der Waals surface area contributed by atoms with Gasteiger partial charge in [-0.3, -0.25) is 0 Å². The molecule has 124 valence electrons. The summed E-state index contributed by atoms with van der Waals surface area (Å²) in [5, 5.41) is 7.10. The Bertz CT molecular complexity index is 627. The van der Waals surface area contributed by atoms with Crippen LogP contribution in [0.25, 0.3) is 0 Å². The summed E-state index contributed by atoms with van der Waals surface area (Å²) in [6.45, 7) is 4.13. The monoisotopic (exact) mass is 335 g/mol. The van der Waals surface area contributed by atoms with Gasteiger partial charge < -0.3 is 19.8 Å². The average molecular weight is 336 g/mol. The molecule has 0 aliphatic carbocycles. The molecule has 0 fully saturated rings. The lowest BCUT2D eigenvalue weighted by Gasteiger charge is -2.11. The summed E-state index contributed by atoms with van der Waals surface area (Å²) in [4.78, 5) is 4.56. The van der Waals surface area contributed by atoms with Crippen molar-refractivity contribution in [2.24, 2.45) is 4.99 Å². The van der Waals surface area contributed by atoms with E-state index in [9.17, 15) is 0 Å². The summed E-state index contributed by atoms with van der Waals surface area (Å²) in [5.74, 6) is 2.39.